The Morgan fingerprint density at radius 3 is 2.27 bits per heavy atom. The Morgan fingerprint density at radius 2 is 1.61 bits per heavy atom. The number of hydrogen-bond donors (Lipinski definition) is 0. The first-order valence-corrected chi connectivity index (χ1v) is 15.4. The van der Waals surface area contributed by atoms with Gasteiger partial charge in [-0.05, 0) is 42.9 Å². The maximum atomic E-state index is 13.8. The second-order valence-corrected chi connectivity index (χ2v) is 12.5. The van der Waals surface area contributed by atoms with Gasteiger partial charge in [-0.1, -0.05) is 55.5 Å². The van der Waals surface area contributed by atoms with Crippen molar-refractivity contribution in [3.8, 4) is 11.5 Å². The highest BCUT2D eigenvalue weighted by molar-refractivity contribution is 7.89. The van der Waals surface area contributed by atoms with Crippen LogP contribution in [0.25, 0.3) is 10.2 Å². The van der Waals surface area contributed by atoms with Gasteiger partial charge in [0.25, 0.3) is 5.91 Å². The Labute approximate surface area is 250 Å². The van der Waals surface area contributed by atoms with E-state index in [0.29, 0.717) is 35.3 Å². The summed E-state index contributed by atoms with van der Waals surface area (Å²) in [6.45, 7) is 7.44. The highest BCUT2D eigenvalue weighted by Crippen LogP contribution is 2.40. The lowest BCUT2D eigenvalue weighted by Crippen LogP contribution is -2.38. The molecule has 0 N–H and O–H groups in total. The van der Waals surface area contributed by atoms with E-state index in [1.807, 2.05) is 42.5 Å². The van der Waals surface area contributed by atoms with Crippen LogP contribution in [-0.2, 0) is 16.6 Å². The number of rotatable bonds is 11. The fourth-order valence-corrected chi connectivity index (χ4v) is 6.68. The molecule has 1 amide bonds. The molecule has 0 spiro atoms. The van der Waals surface area contributed by atoms with E-state index in [1.54, 1.807) is 24.1 Å². The van der Waals surface area contributed by atoms with Crippen LogP contribution in [-0.4, -0.2) is 68.5 Å². The van der Waals surface area contributed by atoms with Crippen molar-refractivity contribution in [3.05, 3.63) is 77.9 Å². The van der Waals surface area contributed by atoms with E-state index >= 15 is 0 Å². The Bertz CT molecular complexity index is 1550. The summed E-state index contributed by atoms with van der Waals surface area (Å²) in [5.74, 6) is 1.06. The van der Waals surface area contributed by atoms with Crippen LogP contribution in [0.2, 0.25) is 0 Å². The van der Waals surface area contributed by atoms with Crippen molar-refractivity contribution in [2.45, 2.75) is 25.3 Å². The molecule has 12 heteroatoms. The van der Waals surface area contributed by atoms with Crippen LogP contribution in [0, 0.1) is 0 Å². The quantitative estimate of drug-likeness (QED) is 0.227. The average molecular weight is 617 g/mol. The third kappa shape index (κ3) is 6.65. The van der Waals surface area contributed by atoms with Gasteiger partial charge in [0.05, 0.1) is 15.1 Å². The van der Waals surface area contributed by atoms with E-state index in [0.717, 1.165) is 28.9 Å². The Morgan fingerprint density at radius 1 is 0.951 bits per heavy atom. The second-order valence-electron chi connectivity index (χ2n) is 9.42. The van der Waals surface area contributed by atoms with E-state index in [1.165, 1.54) is 27.8 Å². The monoisotopic (exact) mass is 616 g/mol. The zero-order valence-electron chi connectivity index (χ0n) is 23.1. The van der Waals surface area contributed by atoms with E-state index in [4.69, 9.17) is 14.5 Å². The topological polar surface area (TPSA) is 92.3 Å². The maximum absolute atomic E-state index is 13.8. The molecule has 1 aromatic heterocycles. The number of carbonyl (C=O) groups is 1. The Kier molecular flexibility index (Phi) is 9.88. The molecule has 4 aromatic rings. The lowest BCUT2D eigenvalue weighted by molar-refractivity contribution is 0.0983. The van der Waals surface area contributed by atoms with Gasteiger partial charge in [0, 0.05) is 44.4 Å². The van der Waals surface area contributed by atoms with Crippen LogP contribution in [0.1, 0.15) is 29.8 Å². The third-order valence-corrected chi connectivity index (χ3v) is 9.80. The molecule has 0 atom stereocenters. The number of amides is 1. The minimum Gasteiger partial charge on any atom is -0.454 e. The number of hydrogen-bond acceptors (Lipinski definition) is 8. The number of aromatic nitrogens is 1. The largest absolute Gasteiger partial charge is 0.454 e. The van der Waals surface area contributed by atoms with Gasteiger partial charge in [0.2, 0.25) is 16.8 Å². The Balaban J connectivity index is 0.00000387. The fraction of sp³-hybridized carbons (Fsp3) is 0.310. The first-order valence-electron chi connectivity index (χ1n) is 13.1. The zero-order valence-corrected chi connectivity index (χ0v) is 25.6. The molecule has 0 saturated heterocycles. The van der Waals surface area contributed by atoms with Crippen LogP contribution in [0.15, 0.2) is 71.6 Å². The summed E-state index contributed by atoms with van der Waals surface area (Å²) in [6.07, 6.45) is 0. The van der Waals surface area contributed by atoms with E-state index < -0.39 is 10.0 Å². The molecule has 0 radical (unpaired) electrons. The highest BCUT2D eigenvalue weighted by Gasteiger charge is 2.26. The van der Waals surface area contributed by atoms with Crippen LogP contribution < -0.4 is 14.4 Å². The van der Waals surface area contributed by atoms with Crippen molar-refractivity contribution in [1.29, 1.82) is 0 Å². The van der Waals surface area contributed by atoms with Crippen molar-refractivity contribution in [3.63, 3.8) is 0 Å². The predicted molar refractivity (Wildman–Crippen MR) is 164 cm³/mol. The van der Waals surface area contributed by atoms with Crippen molar-refractivity contribution < 1.29 is 22.7 Å². The minimum absolute atomic E-state index is 0. The van der Waals surface area contributed by atoms with E-state index in [2.05, 4.69) is 18.7 Å². The second kappa shape index (κ2) is 13.2. The first-order chi connectivity index (χ1) is 19.3. The van der Waals surface area contributed by atoms with Crippen molar-refractivity contribution in [1.82, 2.24) is 14.2 Å². The SMILES string of the molecule is CCN(CC)CCN(C(=O)c1ccc(S(=O)(=O)N(C)Cc2ccccc2)cc1)c1nc2cc3c(cc2s1)OCO3.Cl. The summed E-state index contributed by atoms with van der Waals surface area (Å²) >= 11 is 1.41. The standard InChI is InChI=1S/C29H32N4O5S2.ClH/c1-4-32(5-2)15-16-33(29-30-24-17-25-26(38-20-37-25)18-27(24)39-29)28(34)22-11-13-23(14-12-22)40(35,36)31(3)19-21-9-7-6-8-10-21;/h6-14,17-18H,4-5,15-16,19-20H2,1-3H3;1H. The highest BCUT2D eigenvalue weighted by atomic mass is 35.5. The van der Waals surface area contributed by atoms with Gasteiger partial charge in [-0.15, -0.1) is 12.4 Å². The van der Waals surface area contributed by atoms with Gasteiger partial charge in [-0.2, -0.15) is 4.31 Å². The van der Waals surface area contributed by atoms with Crippen LogP contribution in [0.3, 0.4) is 0 Å². The molecule has 0 aliphatic carbocycles. The molecule has 41 heavy (non-hydrogen) atoms. The Hall–Kier alpha value is -3.22. The van der Waals surface area contributed by atoms with Gasteiger partial charge in [-0.25, -0.2) is 13.4 Å². The number of halogens is 1. The number of thiazole rings is 1. The molecule has 0 bridgehead atoms. The number of fused-ring (bicyclic) bond motifs is 2. The summed E-state index contributed by atoms with van der Waals surface area (Å²) < 4.78 is 39.6. The van der Waals surface area contributed by atoms with Gasteiger partial charge in [0.15, 0.2) is 16.6 Å². The lowest BCUT2D eigenvalue weighted by Gasteiger charge is -2.25. The van der Waals surface area contributed by atoms with Crippen molar-refractivity contribution in [2.75, 3.05) is 44.9 Å². The molecular weight excluding hydrogens is 584 g/mol. The van der Waals surface area contributed by atoms with Gasteiger partial charge in [-0.3, -0.25) is 9.69 Å². The first kappa shape index (κ1) is 30.7. The van der Waals surface area contributed by atoms with Gasteiger partial charge >= 0.3 is 0 Å². The van der Waals surface area contributed by atoms with Crippen LogP contribution in [0.4, 0.5) is 5.13 Å². The number of sulfonamides is 1. The lowest BCUT2D eigenvalue weighted by atomic mass is 10.2. The van der Waals surface area contributed by atoms with Crippen LogP contribution in [0.5, 0.6) is 11.5 Å². The molecule has 2 heterocycles. The zero-order chi connectivity index (χ0) is 28.3. The molecule has 5 rings (SSSR count). The predicted octanol–water partition coefficient (Wildman–Crippen LogP) is 5.26. The minimum atomic E-state index is -3.74. The summed E-state index contributed by atoms with van der Waals surface area (Å²) in [6, 6.07) is 19.3. The number of benzene rings is 3. The van der Waals surface area contributed by atoms with E-state index in [-0.39, 0.29) is 36.5 Å². The van der Waals surface area contributed by atoms with Crippen molar-refractivity contribution >= 4 is 55.0 Å². The average Bonchev–Trinajstić information content (AvgIpc) is 3.60. The van der Waals surface area contributed by atoms with Gasteiger partial charge in [0.1, 0.15) is 0 Å². The number of nitrogens with zero attached hydrogens (tertiary/aromatic N) is 4. The molecule has 0 unspecified atom stereocenters. The maximum Gasteiger partial charge on any atom is 0.260 e. The summed E-state index contributed by atoms with van der Waals surface area (Å²) in [4.78, 5) is 22.6. The normalized spacial score (nSPS) is 12.6. The van der Waals surface area contributed by atoms with Crippen molar-refractivity contribution in [2.24, 2.45) is 0 Å². The molecule has 0 fully saturated rings. The molecule has 9 nitrogen and oxygen atoms in total. The number of ether oxygens (including phenoxy) is 2. The third-order valence-electron chi connectivity index (χ3n) is 6.94. The smallest absolute Gasteiger partial charge is 0.260 e. The summed E-state index contributed by atoms with van der Waals surface area (Å²) in [7, 11) is -2.18. The number of carbonyl (C=O) groups excluding carboxylic acids is 1. The molecule has 1 aliphatic heterocycles. The molecule has 218 valence electrons. The molecular formula is C29H33ClN4O5S2. The van der Waals surface area contributed by atoms with Crippen LogP contribution >= 0.6 is 23.7 Å². The molecule has 1 aliphatic rings. The summed E-state index contributed by atoms with van der Waals surface area (Å²) in [5.41, 5.74) is 2.01. The van der Waals surface area contributed by atoms with E-state index in [9.17, 15) is 13.2 Å². The number of likely N-dealkylation sites (N-methyl/N-ethyl adjacent to an activating group) is 1. The summed E-state index contributed by atoms with van der Waals surface area (Å²) in [5, 5.41) is 0.565. The fourth-order valence-electron chi connectivity index (χ4n) is 4.52. The number of anilines is 1. The molecule has 3 aromatic carbocycles. The molecule has 0 saturated carbocycles. The van der Waals surface area contributed by atoms with Gasteiger partial charge < -0.3 is 14.4 Å².